The van der Waals surface area contributed by atoms with E-state index in [1.165, 1.54) is 12.8 Å². The number of nitrogens with zero attached hydrogens (tertiary/aromatic N) is 5. The van der Waals surface area contributed by atoms with E-state index in [0.717, 1.165) is 56.1 Å². The van der Waals surface area contributed by atoms with Gasteiger partial charge in [-0.25, -0.2) is 9.97 Å². The van der Waals surface area contributed by atoms with Gasteiger partial charge >= 0.3 is 0 Å². The lowest BCUT2D eigenvalue weighted by molar-refractivity contribution is 0.165. The van der Waals surface area contributed by atoms with E-state index in [-0.39, 0.29) is 5.56 Å². The molecule has 0 amide bonds. The van der Waals surface area contributed by atoms with Crippen molar-refractivity contribution in [3.05, 3.63) is 64.7 Å². The normalized spacial score (nSPS) is 19.0. The van der Waals surface area contributed by atoms with E-state index in [2.05, 4.69) is 20.5 Å². The van der Waals surface area contributed by atoms with E-state index >= 15 is 0 Å². The second-order valence-corrected chi connectivity index (χ2v) is 8.00. The van der Waals surface area contributed by atoms with Crippen LogP contribution in [-0.2, 0) is 13.1 Å². The van der Waals surface area contributed by atoms with Crippen LogP contribution in [0, 0.1) is 5.92 Å². The molecule has 4 heterocycles. The van der Waals surface area contributed by atoms with Gasteiger partial charge < -0.3 is 4.40 Å². The fraction of sp³-hybridized carbons (Fsp3) is 0.476. The first-order chi connectivity index (χ1) is 13.2. The summed E-state index contributed by atoms with van der Waals surface area (Å²) in [4.78, 5) is 24.0. The Morgan fingerprint density at radius 1 is 1.11 bits per heavy atom. The van der Waals surface area contributed by atoms with Crippen LogP contribution in [0.4, 0.5) is 0 Å². The predicted molar refractivity (Wildman–Crippen MR) is 104 cm³/mol. The number of hydrogen-bond acceptors (Lipinski definition) is 4. The molecule has 0 bridgehead atoms. The lowest BCUT2D eigenvalue weighted by Crippen LogP contribution is -2.36. The highest BCUT2D eigenvalue weighted by molar-refractivity contribution is 5.39. The fourth-order valence-corrected chi connectivity index (χ4v) is 4.08. The molecule has 6 nitrogen and oxygen atoms in total. The van der Waals surface area contributed by atoms with Crippen molar-refractivity contribution in [3.8, 4) is 0 Å². The number of pyridine rings is 1. The third kappa shape index (κ3) is 3.67. The molecule has 2 fully saturated rings. The second-order valence-electron chi connectivity index (χ2n) is 8.00. The van der Waals surface area contributed by atoms with Crippen LogP contribution in [0.3, 0.4) is 0 Å². The molecule has 0 aromatic carbocycles. The van der Waals surface area contributed by atoms with Gasteiger partial charge in [0.05, 0.1) is 17.7 Å². The molecule has 6 heteroatoms. The molecule has 140 valence electrons. The number of rotatable bonds is 5. The van der Waals surface area contributed by atoms with Gasteiger partial charge in [-0.05, 0) is 56.8 Å². The summed E-state index contributed by atoms with van der Waals surface area (Å²) in [7, 11) is 0. The van der Waals surface area contributed by atoms with Crippen molar-refractivity contribution in [3.63, 3.8) is 0 Å². The van der Waals surface area contributed by atoms with Crippen LogP contribution in [0.2, 0.25) is 0 Å². The Hall–Kier alpha value is -2.47. The van der Waals surface area contributed by atoms with Crippen LogP contribution >= 0.6 is 0 Å². The van der Waals surface area contributed by atoms with Gasteiger partial charge in [0, 0.05) is 37.5 Å². The van der Waals surface area contributed by atoms with Crippen molar-refractivity contribution >= 4 is 5.65 Å². The maximum absolute atomic E-state index is 12.3. The molecule has 1 saturated carbocycles. The molecule has 0 N–H and O–H groups in total. The Bertz CT molecular complexity index is 962. The molecule has 1 aliphatic carbocycles. The molecule has 27 heavy (non-hydrogen) atoms. The Morgan fingerprint density at radius 2 is 1.96 bits per heavy atom. The minimum Gasteiger partial charge on any atom is -0.307 e. The zero-order valence-electron chi connectivity index (χ0n) is 15.5. The van der Waals surface area contributed by atoms with Gasteiger partial charge in [-0.3, -0.25) is 14.3 Å². The van der Waals surface area contributed by atoms with Gasteiger partial charge in [-0.2, -0.15) is 0 Å². The highest BCUT2D eigenvalue weighted by Crippen LogP contribution is 2.38. The van der Waals surface area contributed by atoms with E-state index in [1.54, 1.807) is 17.0 Å². The standard InChI is InChI=1S/C21H25N5O/c27-21-11-19(17-4-5-17)22-15-26(21)12-16-6-9-24(10-7-16)13-18-14-25-8-2-1-3-20(25)23-18/h1-3,8,11,14-17H,4-7,9-10,12-13H2. The third-order valence-corrected chi connectivity index (χ3v) is 5.86. The van der Waals surface area contributed by atoms with Crippen LogP contribution < -0.4 is 5.56 Å². The SMILES string of the molecule is O=c1cc(C2CC2)ncn1CC1CCN(Cc2cn3ccccc3n2)CC1. The smallest absolute Gasteiger partial charge is 0.253 e. The lowest BCUT2D eigenvalue weighted by atomic mass is 9.96. The van der Waals surface area contributed by atoms with Gasteiger partial charge in [0.25, 0.3) is 5.56 Å². The highest BCUT2D eigenvalue weighted by Gasteiger charge is 2.26. The molecule has 2 aliphatic rings. The molecule has 3 aromatic rings. The van der Waals surface area contributed by atoms with Crippen LogP contribution in [0.15, 0.2) is 47.8 Å². The molecule has 0 spiro atoms. The first kappa shape index (κ1) is 16.7. The van der Waals surface area contributed by atoms with Gasteiger partial charge in [-0.1, -0.05) is 6.07 Å². The molecular formula is C21H25N5O. The average molecular weight is 363 g/mol. The van der Waals surface area contributed by atoms with E-state index in [0.29, 0.717) is 11.8 Å². The van der Waals surface area contributed by atoms with Crippen LogP contribution in [0.1, 0.15) is 43.0 Å². The topological polar surface area (TPSA) is 55.4 Å². The maximum Gasteiger partial charge on any atom is 0.253 e. The zero-order chi connectivity index (χ0) is 18.2. The lowest BCUT2D eigenvalue weighted by Gasteiger charge is -2.31. The average Bonchev–Trinajstić information content (AvgIpc) is 3.45. The van der Waals surface area contributed by atoms with Crippen molar-refractivity contribution in [2.24, 2.45) is 5.92 Å². The summed E-state index contributed by atoms with van der Waals surface area (Å²) in [6.45, 7) is 3.80. The van der Waals surface area contributed by atoms with Crippen molar-refractivity contribution in [2.45, 2.75) is 44.7 Å². The first-order valence-electron chi connectivity index (χ1n) is 9.96. The van der Waals surface area contributed by atoms with Gasteiger partial charge in [-0.15, -0.1) is 0 Å². The third-order valence-electron chi connectivity index (χ3n) is 5.86. The maximum atomic E-state index is 12.3. The summed E-state index contributed by atoms with van der Waals surface area (Å²) in [5.74, 6) is 1.09. The summed E-state index contributed by atoms with van der Waals surface area (Å²) in [5.41, 5.74) is 3.22. The minimum absolute atomic E-state index is 0.110. The molecule has 3 aromatic heterocycles. The molecule has 5 rings (SSSR count). The van der Waals surface area contributed by atoms with E-state index < -0.39 is 0 Å². The van der Waals surface area contributed by atoms with Crippen molar-refractivity contribution in [2.75, 3.05) is 13.1 Å². The van der Waals surface area contributed by atoms with Crippen LogP contribution in [0.25, 0.3) is 5.65 Å². The van der Waals surface area contributed by atoms with Crippen molar-refractivity contribution in [1.29, 1.82) is 0 Å². The summed E-state index contributed by atoms with van der Waals surface area (Å²) < 4.78 is 3.88. The van der Waals surface area contributed by atoms with Crippen molar-refractivity contribution in [1.82, 2.24) is 23.8 Å². The quantitative estimate of drug-likeness (QED) is 0.699. The van der Waals surface area contributed by atoms with E-state index in [1.807, 2.05) is 24.4 Å². The second kappa shape index (κ2) is 6.93. The first-order valence-corrected chi connectivity index (χ1v) is 9.96. The van der Waals surface area contributed by atoms with E-state index in [4.69, 9.17) is 4.98 Å². The molecule has 1 aliphatic heterocycles. The summed E-state index contributed by atoms with van der Waals surface area (Å²) in [5, 5.41) is 0. The zero-order valence-corrected chi connectivity index (χ0v) is 15.5. The summed E-state index contributed by atoms with van der Waals surface area (Å²) >= 11 is 0. The Morgan fingerprint density at radius 3 is 2.70 bits per heavy atom. The monoisotopic (exact) mass is 363 g/mol. The van der Waals surface area contributed by atoms with Gasteiger partial charge in [0.2, 0.25) is 0 Å². The van der Waals surface area contributed by atoms with Gasteiger partial charge in [0.1, 0.15) is 5.65 Å². The Labute approximate surface area is 158 Å². The molecule has 1 saturated heterocycles. The van der Waals surface area contributed by atoms with E-state index in [9.17, 15) is 4.79 Å². The molecule has 0 radical (unpaired) electrons. The number of aromatic nitrogens is 4. The number of hydrogen-bond donors (Lipinski definition) is 0. The fourth-order valence-electron chi connectivity index (χ4n) is 4.08. The predicted octanol–water partition coefficient (Wildman–Crippen LogP) is 2.68. The summed E-state index contributed by atoms with van der Waals surface area (Å²) in [6, 6.07) is 7.83. The summed E-state index contributed by atoms with van der Waals surface area (Å²) in [6.07, 6.45) is 10.5. The van der Waals surface area contributed by atoms with Crippen molar-refractivity contribution < 1.29 is 0 Å². The van der Waals surface area contributed by atoms with Crippen LogP contribution in [0.5, 0.6) is 0 Å². The number of imidazole rings is 1. The number of piperidine rings is 1. The minimum atomic E-state index is 0.110. The molecular weight excluding hydrogens is 338 g/mol. The molecule has 0 atom stereocenters. The molecule has 0 unspecified atom stereocenters. The Kier molecular flexibility index (Phi) is 4.28. The van der Waals surface area contributed by atoms with Crippen LogP contribution in [-0.4, -0.2) is 36.9 Å². The highest BCUT2D eigenvalue weighted by atomic mass is 16.1. The largest absolute Gasteiger partial charge is 0.307 e. The van der Waals surface area contributed by atoms with Gasteiger partial charge in [0.15, 0.2) is 0 Å². The number of likely N-dealkylation sites (tertiary alicyclic amines) is 1. The number of fused-ring (bicyclic) bond motifs is 1. The Balaban J connectivity index is 1.17.